The highest BCUT2D eigenvalue weighted by Crippen LogP contribution is 2.23. The molecule has 0 aliphatic heterocycles. The Labute approximate surface area is 108 Å². The molecule has 1 unspecified atom stereocenters. The van der Waals surface area contributed by atoms with Gasteiger partial charge in [-0.15, -0.1) is 0 Å². The van der Waals surface area contributed by atoms with Crippen molar-refractivity contribution in [3.8, 4) is 0 Å². The summed E-state index contributed by atoms with van der Waals surface area (Å²) in [5.74, 6) is 0.997. The number of anilines is 1. The fraction of sp³-hybridized carbons (Fsp3) is 0.615. The molecule has 18 heavy (non-hydrogen) atoms. The molecule has 0 spiro atoms. The SMILES string of the molecule is Cc1cnc(NC(C)CCC(C)C)c([N+](=O)[O-])c1. The lowest BCUT2D eigenvalue weighted by Gasteiger charge is -2.15. The predicted molar refractivity (Wildman–Crippen MR) is 72.8 cm³/mol. The van der Waals surface area contributed by atoms with Crippen LogP contribution in [0.15, 0.2) is 12.3 Å². The highest BCUT2D eigenvalue weighted by atomic mass is 16.6. The first kappa shape index (κ1) is 14.4. The summed E-state index contributed by atoms with van der Waals surface area (Å²) < 4.78 is 0. The molecule has 0 amide bonds. The van der Waals surface area contributed by atoms with Crippen molar-refractivity contribution >= 4 is 11.5 Å². The minimum atomic E-state index is -0.391. The number of pyridine rings is 1. The molecule has 1 rings (SSSR count). The molecule has 0 aromatic carbocycles. The fourth-order valence-corrected chi connectivity index (χ4v) is 1.69. The van der Waals surface area contributed by atoms with Gasteiger partial charge < -0.3 is 5.32 Å². The summed E-state index contributed by atoms with van der Waals surface area (Å²) in [6, 6.07) is 1.73. The quantitative estimate of drug-likeness (QED) is 0.620. The number of hydrogen-bond donors (Lipinski definition) is 1. The Morgan fingerprint density at radius 1 is 1.39 bits per heavy atom. The zero-order valence-electron chi connectivity index (χ0n) is 11.4. The molecule has 0 saturated carbocycles. The lowest BCUT2D eigenvalue weighted by atomic mass is 10.0. The maximum absolute atomic E-state index is 10.9. The van der Waals surface area contributed by atoms with Crippen LogP contribution in [0.1, 0.15) is 39.2 Å². The number of nitrogens with zero attached hydrogens (tertiary/aromatic N) is 2. The fourth-order valence-electron chi connectivity index (χ4n) is 1.69. The van der Waals surface area contributed by atoms with Gasteiger partial charge in [-0.25, -0.2) is 4.98 Å². The molecule has 0 bridgehead atoms. The number of aryl methyl sites for hydroxylation is 1. The van der Waals surface area contributed by atoms with E-state index in [-0.39, 0.29) is 11.7 Å². The van der Waals surface area contributed by atoms with Gasteiger partial charge in [-0.05, 0) is 38.2 Å². The number of rotatable bonds is 6. The highest BCUT2D eigenvalue weighted by molar-refractivity contribution is 5.56. The monoisotopic (exact) mass is 251 g/mol. The molecule has 1 aromatic heterocycles. The number of aromatic nitrogens is 1. The Balaban J connectivity index is 2.74. The molecule has 0 aliphatic rings. The van der Waals surface area contributed by atoms with Gasteiger partial charge in [0.25, 0.3) is 0 Å². The number of hydrogen-bond acceptors (Lipinski definition) is 4. The van der Waals surface area contributed by atoms with Crippen LogP contribution in [-0.2, 0) is 0 Å². The van der Waals surface area contributed by atoms with E-state index in [0.29, 0.717) is 11.7 Å². The van der Waals surface area contributed by atoms with Crippen molar-refractivity contribution in [2.24, 2.45) is 5.92 Å². The van der Waals surface area contributed by atoms with Gasteiger partial charge >= 0.3 is 5.69 Å². The Bertz CT molecular complexity index is 419. The van der Waals surface area contributed by atoms with Crippen LogP contribution in [0.5, 0.6) is 0 Å². The minimum Gasteiger partial charge on any atom is -0.362 e. The molecule has 0 fully saturated rings. The van der Waals surface area contributed by atoms with Crippen molar-refractivity contribution in [3.63, 3.8) is 0 Å². The average Bonchev–Trinajstić information content (AvgIpc) is 2.28. The summed E-state index contributed by atoms with van der Waals surface area (Å²) in [6.07, 6.45) is 3.71. The van der Waals surface area contributed by atoms with Crippen LogP contribution in [0, 0.1) is 23.0 Å². The molecular weight excluding hydrogens is 230 g/mol. The molecule has 0 saturated heterocycles. The third-order valence-corrected chi connectivity index (χ3v) is 2.76. The van der Waals surface area contributed by atoms with Crippen LogP contribution < -0.4 is 5.32 Å². The summed E-state index contributed by atoms with van der Waals surface area (Å²) in [4.78, 5) is 14.7. The highest BCUT2D eigenvalue weighted by Gasteiger charge is 2.17. The van der Waals surface area contributed by atoms with Crippen molar-refractivity contribution in [2.75, 3.05) is 5.32 Å². The predicted octanol–water partition coefficient (Wildman–Crippen LogP) is 3.53. The molecular formula is C13H21N3O2. The largest absolute Gasteiger partial charge is 0.362 e. The van der Waals surface area contributed by atoms with E-state index in [4.69, 9.17) is 0 Å². The van der Waals surface area contributed by atoms with Gasteiger partial charge in [0.15, 0.2) is 0 Å². The average molecular weight is 251 g/mol. The van der Waals surface area contributed by atoms with E-state index >= 15 is 0 Å². The summed E-state index contributed by atoms with van der Waals surface area (Å²) in [5, 5.41) is 14.1. The zero-order chi connectivity index (χ0) is 13.7. The summed E-state index contributed by atoms with van der Waals surface area (Å²) in [7, 11) is 0. The van der Waals surface area contributed by atoms with Crippen molar-refractivity contribution < 1.29 is 4.92 Å². The number of nitrogens with one attached hydrogen (secondary N) is 1. The van der Waals surface area contributed by atoms with Gasteiger partial charge in [0.05, 0.1) is 4.92 Å². The number of nitro groups is 1. The van der Waals surface area contributed by atoms with Gasteiger partial charge in [-0.1, -0.05) is 13.8 Å². The second kappa shape index (κ2) is 6.33. The van der Waals surface area contributed by atoms with Crippen LogP contribution >= 0.6 is 0 Å². The second-order valence-corrected chi connectivity index (χ2v) is 5.15. The molecule has 1 heterocycles. The first-order valence-corrected chi connectivity index (χ1v) is 6.27. The smallest absolute Gasteiger partial charge is 0.311 e. The first-order valence-electron chi connectivity index (χ1n) is 6.27. The molecule has 0 aliphatic carbocycles. The summed E-state index contributed by atoms with van der Waals surface area (Å²) >= 11 is 0. The Hall–Kier alpha value is -1.65. The molecule has 0 radical (unpaired) electrons. The first-order chi connectivity index (χ1) is 8.40. The van der Waals surface area contributed by atoms with Crippen LogP contribution in [0.25, 0.3) is 0 Å². The van der Waals surface area contributed by atoms with Gasteiger partial charge in [-0.3, -0.25) is 10.1 Å². The third-order valence-electron chi connectivity index (χ3n) is 2.76. The van der Waals surface area contributed by atoms with Gasteiger partial charge in [0.1, 0.15) is 0 Å². The van der Waals surface area contributed by atoms with Crippen molar-refractivity contribution in [1.29, 1.82) is 0 Å². The summed E-state index contributed by atoms with van der Waals surface area (Å²) in [5.41, 5.74) is 0.841. The summed E-state index contributed by atoms with van der Waals surface area (Å²) in [6.45, 7) is 8.15. The molecule has 100 valence electrons. The topological polar surface area (TPSA) is 68.1 Å². The van der Waals surface area contributed by atoms with E-state index in [1.54, 1.807) is 19.2 Å². The van der Waals surface area contributed by atoms with Gasteiger partial charge in [0, 0.05) is 18.3 Å². The molecule has 1 aromatic rings. The van der Waals surface area contributed by atoms with E-state index in [0.717, 1.165) is 18.4 Å². The lowest BCUT2D eigenvalue weighted by molar-refractivity contribution is -0.384. The van der Waals surface area contributed by atoms with E-state index in [2.05, 4.69) is 24.1 Å². The molecule has 5 nitrogen and oxygen atoms in total. The Morgan fingerprint density at radius 2 is 2.06 bits per heavy atom. The Kier molecular flexibility index (Phi) is 5.07. The van der Waals surface area contributed by atoms with Crippen LogP contribution in [0.3, 0.4) is 0 Å². The van der Waals surface area contributed by atoms with Crippen LogP contribution in [0.2, 0.25) is 0 Å². The molecule has 1 N–H and O–H groups in total. The van der Waals surface area contributed by atoms with Crippen LogP contribution in [-0.4, -0.2) is 15.9 Å². The van der Waals surface area contributed by atoms with E-state index in [9.17, 15) is 10.1 Å². The van der Waals surface area contributed by atoms with E-state index in [1.807, 2.05) is 6.92 Å². The Morgan fingerprint density at radius 3 is 2.61 bits per heavy atom. The standard InChI is InChI=1S/C13H21N3O2/c1-9(2)5-6-11(4)15-13-12(16(17)18)7-10(3)8-14-13/h7-9,11H,5-6H2,1-4H3,(H,14,15). The molecule has 5 heteroatoms. The normalized spacial score (nSPS) is 12.5. The van der Waals surface area contributed by atoms with Crippen molar-refractivity contribution in [1.82, 2.24) is 4.98 Å². The zero-order valence-corrected chi connectivity index (χ0v) is 11.4. The van der Waals surface area contributed by atoms with Gasteiger partial charge in [-0.2, -0.15) is 0 Å². The van der Waals surface area contributed by atoms with Crippen LogP contribution in [0.4, 0.5) is 11.5 Å². The van der Waals surface area contributed by atoms with Crippen molar-refractivity contribution in [3.05, 3.63) is 27.9 Å². The minimum absolute atomic E-state index is 0.0476. The third kappa shape index (κ3) is 4.31. The lowest BCUT2D eigenvalue weighted by Crippen LogP contribution is -2.17. The van der Waals surface area contributed by atoms with E-state index in [1.165, 1.54) is 0 Å². The van der Waals surface area contributed by atoms with Crippen molar-refractivity contribution in [2.45, 2.75) is 46.6 Å². The second-order valence-electron chi connectivity index (χ2n) is 5.15. The van der Waals surface area contributed by atoms with Gasteiger partial charge in [0.2, 0.25) is 5.82 Å². The maximum atomic E-state index is 10.9. The maximum Gasteiger partial charge on any atom is 0.311 e. The van der Waals surface area contributed by atoms with E-state index < -0.39 is 4.92 Å². The molecule has 1 atom stereocenters.